The summed E-state index contributed by atoms with van der Waals surface area (Å²) >= 11 is 0. The fraction of sp³-hybridized carbons (Fsp3) is 0.400. The van der Waals surface area contributed by atoms with E-state index < -0.39 is 0 Å². The van der Waals surface area contributed by atoms with Gasteiger partial charge in [-0.25, -0.2) is 0 Å². The number of rotatable bonds is 1. The van der Waals surface area contributed by atoms with Crippen molar-refractivity contribution in [2.24, 2.45) is 5.92 Å². The predicted molar refractivity (Wildman–Crippen MR) is 47.4 cm³/mol. The van der Waals surface area contributed by atoms with Gasteiger partial charge >= 0.3 is 0 Å². The van der Waals surface area contributed by atoms with Crippen molar-refractivity contribution < 1.29 is 5.11 Å². The largest absolute Gasteiger partial charge is 0.508 e. The second-order valence-electron chi connectivity index (χ2n) is 3.13. The lowest BCUT2D eigenvalue weighted by Crippen LogP contribution is -2.04. The van der Waals surface area contributed by atoms with Gasteiger partial charge < -0.3 is 5.11 Å². The van der Waals surface area contributed by atoms with Crippen molar-refractivity contribution in [2.75, 3.05) is 0 Å². The average Bonchev–Trinajstić information content (AvgIpc) is 1.94. The lowest BCUT2D eigenvalue weighted by atomic mass is 9.89. The first-order chi connectivity index (χ1) is 5.11. The minimum atomic E-state index is 0.213. The molecule has 0 aliphatic heterocycles. The fourth-order valence-electron chi connectivity index (χ4n) is 1.30. The lowest BCUT2D eigenvalue weighted by Gasteiger charge is -2.17. The summed E-state index contributed by atoms with van der Waals surface area (Å²) in [4.78, 5) is 0. The van der Waals surface area contributed by atoms with E-state index in [1.165, 1.54) is 5.57 Å². The second-order valence-corrected chi connectivity index (χ2v) is 3.13. The molecule has 0 heterocycles. The Morgan fingerprint density at radius 3 is 2.82 bits per heavy atom. The van der Waals surface area contributed by atoms with Crippen LogP contribution in [-0.4, -0.2) is 5.11 Å². The van der Waals surface area contributed by atoms with Crippen molar-refractivity contribution in [2.45, 2.75) is 20.3 Å². The van der Waals surface area contributed by atoms with Gasteiger partial charge in [-0.3, -0.25) is 0 Å². The molecule has 0 spiro atoms. The third-order valence-electron chi connectivity index (χ3n) is 2.04. The van der Waals surface area contributed by atoms with Gasteiger partial charge in [-0.2, -0.15) is 0 Å². The standard InChI is InChI=1S/C10H14O/c1-7-4-5-8(2)10(6-7)9(3)11/h4,6,8,11H,3,5H2,1-2H3. The fourth-order valence-corrected chi connectivity index (χ4v) is 1.30. The van der Waals surface area contributed by atoms with Crippen LogP contribution >= 0.6 is 0 Å². The molecule has 0 amide bonds. The Balaban J connectivity index is 2.90. The van der Waals surface area contributed by atoms with Gasteiger partial charge in [0.1, 0.15) is 5.76 Å². The molecule has 0 radical (unpaired) electrons. The Bertz CT molecular complexity index is 233. The molecular weight excluding hydrogens is 136 g/mol. The van der Waals surface area contributed by atoms with Crippen LogP contribution < -0.4 is 0 Å². The molecule has 0 aromatic carbocycles. The molecule has 1 rings (SSSR count). The van der Waals surface area contributed by atoms with Gasteiger partial charge in [-0.05, 0) is 24.8 Å². The molecule has 0 aromatic heterocycles. The first kappa shape index (κ1) is 8.12. The SMILES string of the molecule is C=C(O)C1=CC(C)=CCC1C. The van der Waals surface area contributed by atoms with Crippen LogP contribution in [0.3, 0.4) is 0 Å². The summed E-state index contributed by atoms with van der Waals surface area (Å²) in [6.07, 6.45) is 5.19. The van der Waals surface area contributed by atoms with Crippen LogP contribution in [0, 0.1) is 5.92 Å². The molecule has 1 atom stereocenters. The summed E-state index contributed by atoms with van der Waals surface area (Å²) in [6.45, 7) is 7.65. The topological polar surface area (TPSA) is 20.2 Å². The summed E-state index contributed by atoms with van der Waals surface area (Å²) in [6, 6.07) is 0. The highest BCUT2D eigenvalue weighted by Crippen LogP contribution is 2.26. The van der Waals surface area contributed by atoms with Crippen LogP contribution in [0.2, 0.25) is 0 Å². The molecule has 1 unspecified atom stereocenters. The minimum Gasteiger partial charge on any atom is -0.508 e. The monoisotopic (exact) mass is 150 g/mol. The van der Waals surface area contributed by atoms with Crippen LogP contribution in [0.1, 0.15) is 20.3 Å². The Hall–Kier alpha value is -0.980. The smallest absolute Gasteiger partial charge is 0.111 e. The average molecular weight is 150 g/mol. The maximum Gasteiger partial charge on any atom is 0.111 e. The molecule has 1 nitrogen and oxygen atoms in total. The number of allylic oxidation sites excluding steroid dienone is 4. The molecule has 1 heteroatoms. The van der Waals surface area contributed by atoms with Crippen LogP contribution in [0.4, 0.5) is 0 Å². The molecule has 1 aliphatic carbocycles. The van der Waals surface area contributed by atoms with E-state index in [1.807, 2.05) is 13.0 Å². The Morgan fingerprint density at radius 2 is 2.36 bits per heavy atom. The summed E-state index contributed by atoms with van der Waals surface area (Å²) in [5.41, 5.74) is 2.19. The van der Waals surface area contributed by atoms with Crippen molar-refractivity contribution in [3.05, 3.63) is 35.6 Å². The van der Waals surface area contributed by atoms with E-state index in [2.05, 4.69) is 19.6 Å². The van der Waals surface area contributed by atoms with Crippen LogP contribution in [0.25, 0.3) is 0 Å². The van der Waals surface area contributed by atoms with Gasteiger partial charge in [-0.15, -0.1) is 0 Å². The maximum absolute atomic E-state index is 9.18. The number of hydrogen-bond acceptors (Lipinski definition) is 1. The van der Waals surface area contributed by atoms with Gasteiger partial charge in [0.25, 0.3) is 0 Å². The van der Waals surface area contributed by atoms with Crippen molar-refractivity contribution in [3.8, 4) is 0 Å². The molecule has 60 valence electrons. The van der Waals surface area contributed by atoms with E-state index in [0.29, 0.717) is 5.92 Å². The van der Waals surface area contributed by atoms with E-state index in [-0.39, 0.29) is 5.76 Å². The van der Waals surface area contributed by atoms with E-state index in [1.54, 1.807) is 0 Å². The highest BCUT2D eigenvalue weighted by atomic mass is 16.3. The lowest BCUT2D eigenvalue weighted by molar-refractivity contribution is 0.409. The number of hydrogen-bond donors (Lipinski definition) is 1. The third kappa shape index (κ3) is 1.73. The van der Waals surface area contributed by atoms with E-state index in [9.17, 15) is 5.11 Å². The molecule has 0 saturated carbocycles. The van der Waals surface area contributed by atoms with E-state index in [4.69, 9.17) is 0 Å². The highest BCUT2D eigenvalue weighted by Gasteiger charge is 2.13. The molecular formula is C10H14O. The molecule has 0 saturated heterocycles. The van der Waals surface area contributed by atoms with Gasteiger partial charge in [0, 0.05) is 0 Å². The van der Waals surface area contributed by atoms with Crippen molar-refractivity contribution in [1.29, 1.82) is 0 Å². The molecule has 1 N–H and O–H groups in total. The minimum absolute atomic E-state index is 0.213. The molecule has 0 aromatic rings. The van der Waals surface area contributed by atoms with Gasteiger partial charge in [0.15, 0.2) is 0 Å². The highest BCUT2D eigenvalue weighted by molar-refractivity contribution is 5.36. The summed E-state index contributed by atoms with van der Waals surface area (Å²) in [5, 5.41) is 9.18. The quantitative estimate of drug-likeness (QED) is 0.570. The summed E-state index contributed by atoms with van der Waals surface area (Å²) in [7, 11) is 0. The second kappa shape index (κ2) is 2.95. The van der Waals surface area contributed by atoms with Crippen LogP contribution in [0.5, 0.6) is 0 Å². The van der Waals surface area contributed by atoms with Crippen molar-refractivity contribution in [1.82, 2.24) is 0 Å². The van der Waals surface area contributed by atoms with Gasteiger partial charge in [0.2, 0.25) is 0 Å². The zero-order valence-corrected chi connectivity index (χ0v) is 7.09. The van der Waals surface area contributed by atoms with Crippen LogP contribution in [0.15, 0.2) is 35.6 Å². The molecule has 0 bridgehead atoms. The van der Waals surface area contributed by atoms with Gasteiger partial charge in [0.05, 0.1) is 0 Å². The Morgan fingerprint density at radius 1 is 1.73 bits per heavy atom. The first-order valence-electron chi connectivity index (χ1n) is 3.88. The summed E-state index contributed by atoms with van der Waals surface area (Å²) in [5.74, 6) is 0.626. The maximum atomic E-state index is 9.18. The normalized spacial score (nSPS) is 24.0. The zero-order valence-electron chi connectivity index (χ0n) is 7.09. The Kier molecular flexibility index (Phi) is 2.18. The molecule has 0 fully saturated rings. The van der Waals surface area contributed by atoms with Crippen LogP contribution in [-0.2, 0) is 0 Å². The summed E-state index contributed by atoms with van der Waals surface area (Å²) < 4.78 is 0. The first-order valence-corrected chi connectivity index (χ1v) is 3.88. The van der Waals surface area contributed by atoms with E-state index >= 15 is 0 Å². The van der Waals surface area contributed by atoms with Crippen molar-refractivity contribution >= 4 is 0 Å². The third-order valence-corrected chi connectivity index (χ3v) is 2.04. The molecule has 1 aliphatic rings. The van der Waals surface area contributed by atoms with Crippen molar-refractivity contribution in [3.63, 3.8) is 0 Å². The number of aliphatic hydroxyl groups excluding tert-OH is 1. The predicted octanol–water partition coefficient (Wildman–Crippen LogP) is 2.97. The number of aliphatic hydroxyl groups is 1. The zero-order chi connectivity index (χ0) is 8.43. The van der Waals surface area contributed by atoms with Gasteiger partial charge in [-0.1, -0.05) is 31.2 Å². The van der Waals surface area contributed by atoms with E-state index in [0.717, 1.165) is 12.0 Å². The Labute approximate surface area is 67.7 Å². The molecule has 11 heavy (non-hydrogen) atoms.